The summed E-state index contributed by atoms with van der Waals surface area (Å²) in [6.45, 7) is 2.02. The van der Waals surface area contributed by atoms with Crippen LogP contribution in [0.1, 0.15) is 28.8 Å². The second-order valence-electron chi connectivity index (χ2n) is 8.54. The molecule has 0 unspecified atom stereocenters. The standard InChI is InChI=1S/C19H24F3N6O2S/c1-28(2)9-13(10-28)11-3-5-12(6-4-11)14-7-8-15(19(20,21)22)17(31(23,29)30)16(14)18-24-26-27-25-18/h3-8,13,18,24-27H,9-10H2,1-2H3,(H2,23,29,30)/q+1. The summed E-state index contributed by atoms with van der Waals surface area (Å²) in [6.07, 6.45) is -5.87. The monoisotopic (exact) mass is 457 g/mol. The van der Waals surface area contributed by atoms with Gasteiger partial charge >= 0.3 is 6.18 Å². The third-order valence-electron chi connectivity index (χ3n) is 5.69. The molecule has 0 saturated carbocycles. The van der Waals surface area contributed by atoms with Crippen molar-refractivity contribution in [1.29, 1.82) is 0 Å². The predicted molar refractivity (Wildman–Crippen MR) is 108 cm³/mol. The van der Waals surface area contributed by atoms with Crippen molar-refractivity contribution < 1.29 is 26.1 Å². The number of quaternary nitrogens is 1. The number of benzene rings is 2. The van der Waals surface area contributed by atoms with Gasteiger partial charge in [0.1, 0.15) is 11.1 Å². The van der Waals surface area contributed by atoms with Crippen LogP contribution >= 0.6 is 0 Å². The molecule has 0 bridgehead atoms. The van der Waals surface area contributed by atoms with Crippen LogP contribution in [0.2, 0.25) is 0 Å². The molecule has 2 aliphatic heterocycles. The van der Waals surface area contributed by atoms with Gasteiger partial charge < -0.3 is 4.48 Å². The van der Waals surface area contributed by atoms with E-state index in [1.807, 2.05) is 12.1 Å². The molecule has 2 aromatic rings. The SMILES string of the molecule is C[N+]1(C)CC(c2ccc(-c3ccc(C(F)(F)F)c(S(N)(=O)=O)c3C3NNNN3)cc2)C1. The van der Waals surface area contributed by atoms with Crippen molar-refractivity contribution in [3.63, 3.8) is 0 Å². The smallest absolute Gasteiger partial charge is 0.327 e. The molecule has 2 fully saturated rings. The van der Waals surface area contributed by atoms with Crippen molar-refractivity contribution in [1.82, 2.24) is 21.9 Å². The Kier molecular flexibility index (Phi) is 5.37. The number of alkyl halides is 3. The van der Waals surface area contributed by atoms with E-state index in [1.54, 1.807) is 12.1 Å². The highest BCUT2D eigenvalue weighted by Crippen LogP contribution is 2.41. The minimum Gasteiger partial charge on any atom is -0.327 e. The summed E-state index contributed by atoms with van der Waals surface area (Å²) >= 11 is 0. The third kappa shape index (κ3) is 4.32. The number of hydrogen-bond acceptors (Lipinski definition) is 6. The van der Waals surface area contributed by atoms with Crippen LogP contribution in [-0.4, -0.2) is 40.1 Å². The van der Waals surface area contributed by atoms with Crippen LogP contribution in [0.4, 0.5) is 13.2 Å². The maximum Gasteiger partial charge on any atom is 0.417 e. The maximum atomic E-state index is 13.6. The zero-order chi connectivity index (χ0) is 22.6. The van der Waals surface area contributed by atoms with Gasteiger partial charge in [0.15, 0.2) is 0 Å². The number of sulfonamides is 1. The summed E-state index contributed by atoms with van der Waals surface area (Å²) in [7, 11) is -0.401. The molecular formula is C19H24F3N6O2S+. The molecule has 0 aromatic heterocycles. The molecule has 4 rings (SSSR count). The van der Waals surface area contributed by atoms with Gasteiger partial charge in [-0.05, 0) is 22.8 Å². The van der Waals surface area contributed by atoms with E-state index in [1.165, 1.54) is 6.07 Å². The topological polar surface area (TPSA) is 108 Å². The van der Waals surface area contributed by atoms with Gasteiger partial charge in [-0.25, -0.2) is 24.4 Å². The van der Waals surface area contributed by atoms with Gasteiger partial charge in [-0.2, -0.15) is 24.2 Å². The number of rotatable bonds is 4. The summed E-state index contributed by atoms with van der Waals surface area (Å²) < 4.78 is 66.4. The molecule has 0 atom stereocenters. The molecular weight excluding hydrogens is 433 g/mol. The molecule has 31 heavy (non-hydrogen) atoms. The number of nitrogens with one attached hydrogen (secondary N) is 4. The fraction of sp³-hybridized carbons (Fsp3) is 0.368. The first-order chi connectivity index (χ1) is 14.4. The molecule has 0 spiro atoms. The van der Waals surface area contributed by atoms with Crippen molar-refractivity contribution >= 4 is 10.0 Å². The first-order valence-electron chi connectivity index (χ1n) is 9.57. The molecule has 2 heterocycles. The average Bonchev–Trinajstić information content (AvgIpc) is 3.18. The summed E-state index contributed by atoms with van der Waals surface area (Å²) in [5, 5.41) is 5.26. The number of nitrogens with two attached hydrogens (primary N) is 1. The van der Waals surface area contributed by atoms with E-state index in [9.17, 15) is 21.6 Å². The second kappa shape index (κ2) is 7.52. The van der Waals surface area contributed by atoms with Crippen LogP contribution in [0, 0.1) is 0 Å². The number of primary sulfonamides is 1. The van der Waals surface area contributed by atoms with Crippen molar-refractivity contribution in [2.75, 3.05) is 27.2 Å². The van der Waals surface area contributed by atoms with Crippen LogP contribution in [0.3, 0.4) is 0 Å². The van der Waals surface area contributed by atoms with Crippen molar-refractivity contribution in [3.8, 4) is 11.1 Å². The number of hydrazine groups is 3. The highest BCUT2D eigenvalue weighted by Gasteiger charge is 2.41. The van der Waals surface area contributed by atoms with E-state index >= 15 is 0 Å². The van der Waals surface area contributed by atoms with E-state index in [-0.39, 0.29) is 5.56 Å². The Labute approximate surface area is 178 Å². The minimum atomic E-state index is -4.90. The van der Waals surface area contributed by atoms with Gasteiger partial charge in [-0.1, -0.05) is 30.3 Å². The van der Waals surface area contributed by atoms with Crippen LogP contribution in [0.15, 0.2) is 41.3 Å². The highest BCUT2D eigenvalue weighted by molar-refractivity contribution is 7.89. The van der Waals surface area contributed by atoms with E-state index in [0.717, 1.165) is 29.2 Å². The maximum absolute atomic E-state index is 13.6. The summed E-state index contributed by atoms with van der Waals surface area (Å²) in [5.41, 5.74) is 11.0. The zero-order valence-corrected chi connectivity index (χ0v) is 17.7. The molecule has 0 amide bonds. The van der Waals surface area contributed by atoms with Crippen molar-refractivity contribution in [2.45, 2.75) is 23.2 Å². The average molecular weight is 458 g/mol. The molecule has 6 N–H and O–H groups in total. The largest absolute Gasteiger partial charge is 0.417 e. The van der Waals surface area contributed by atoms with Gasteiger partial charge in [-0.15, -0.1) is 0 Å². The number of nitrogens with zero attached hydrogens (tertiary/aromatic N) is 1. The fourth-order valence-corrected chi connectivity index (χ4v) is 5.37. The highest BCUT2D eigenvalue weighted by atomic mass is 32.2. The van der Waals surface area contributed by atoms with Crippen molar-refractivity contribution in [3.05, 3.63) is 53.1 Å². The van der Waals surface area contributed by atoms with Gasteiger partial charge in [-0.3, -0.25) is 0 Å². The van der Waals surface area contributed by atoms with Gasteiger partial charge in [0.05, 0.1) is 38.7 Å². The number of halogens is 3. The predicted octanol–water partition coefficient (Wildman–Crippen LogP) is 1.31. The molecule has 168 valence electrons. The second-order valence-corrected chi connectivity index (χ2v) is 10.0. The molecule has 0 radical (unpaired) electrons. The van der Waals surface area contributed by atoms with Crippen LogP contribution in [-0.2, 0) is 16.2 Å². The first-order valence-corrected chi connectivity index (χ1v) is 11.1. The van der Waals surface area contributed by atoms with Crippen LogP contribution in [0.25, 0.3) is 11.1 Å². The van der Waals surface area contributed by atoms with Crippen LogP contribution in [0.5, 0.6) is 0 Å². The normalized spacial score (nSPS) is 20.1. The Morgan fingerprint density at radius 3 is 2.06 bits per heavy atom. The van der Waals surface area contributed by atoms with Crippen molar-refractivity contribution in [2.24, 2.45) is 5.14 Å². The molecule has 2 aliphatic rings. The third-order valence-corrected chi connectivity index (χ3v) is 6.70. The first kappa shape index (κ1) is 22.1. The van der Waals surface area contributed by atoms with Gasteiger partial charge in [0.2, 0.25) is 10.0 Å². The lowest BCUT2D eigenvalue weighted by Crippen LogP contribution is -2.56. The number of hydrogen-bond donors (Lipinski definition) is 5. The molecule has 2 saturated heterocycles. The summed E-state index contributed by atoms with van der Waals surface area (Å²) in [6, 6.07) is 9.48. The molecule has 12 heteroatoms. The van der Waals surface area contributed by atoms with Gasteiger partial charge in [0.25, 0.3) is 0 Å². The molecule has 0 aliphatic carbocycles. The van der Waals surface area contributed by atoms with Gasteiger partial charge in [0, 0.05) is 5.56 Å². The Morgan fingerprint density at radius 1 is 1.00 bits per heavy atom. The Morgan fingerprint density at radius 2 is 1.58 bits per heavy atom. The number of likely N-dealkylation sites (N-methyl/N-ethyl adjacent to an activating group) is 1. The lowest BCUT2D eigenvalue weighted by atomic mass is 9.88. The summed E-state index contributed by atoms with van der Waals surface area (Å²) in [5.74, 6) is 0.419. The quantitative estimate of drug-likeness (QED) is 0.443. The van der Waals surface area contributed by atoms with E-state index in [4.69, 9.17) is 5.14 Å². The lowest BCUT2D eigenvalue weighted by molar-refractivity contribution is -0.932. The lowest BCUT2D eigenvalue weighted by Gasteiger charge is -2.44. The summed E-state index contributed by atoms with van der Waals surface area (Å²) in [4.78, 5) is -0.963. The fourth-order valence-electron chi connectivity index (χ4n) is 4.35. The number of likely N-dealkylation sites (tertiary alicyclic amines) is 1. The van der Waals surface area contributed by atoms with E-state index < -0.39 is 32.8 Å². The Bertz CT molecular complexity index is 1090. The Balaban J connectivity index is 1.84. The van der Waals surface area contributed by atoms with Crippen LogP contribution < -0.4 is 27.1 Å². The minimum absolute atomic E-state index is 0.121. The molecule has 8 nitrogen and oxygen atoms in total. The Hall–Kier alpha value is -2.06. The van der Waals surface area contributed by atoms with E-state index in [2.05, 4.69) is 36.0 Å². The zero-order valence-electron chi connectivity index (χ0n) is 16.9. The molecule has 2 aromatic carbocycles. The van der Waals surface area contributed by atoms with E-state index in [0.29, 0.717) is 17.0 Å².